The highest BCUT2D eigenvalue weighted by atomic mass is 79.9. The molecule has 0 heterocycles. The van der Waals surface area contributed by atoms with Crippen LogP contribution in [0.1, 0.15) is 10.4 Å². The molecule has 6 heteroatoms. The van der Waals surface area contributed by atoms with Crippen LogP contribution in [0.5, 0.6) is 0 Å². The maximum absolute atomic E-state index is 12.2. The van der Waals surface area contributed by atoms with Gasteiger partial charge >= 0.3 is 0 Å². The first-order valence-electron chi connectivity index (χ1n) is 5.29. The molecule has 0 aliphatic carbocycles. The molecule has 0 radical (unpaired) electrons. The summed E-state index contributed by atoms with van der Waals surface area (Å²) in [7, 11) is 0. The summed E-state index contributed by atoms with van der Waals surface area (Å²) in [6.07, 6.45) is 0. The Hall–Kier alpha value is -1.23. The highest BCUT2D eigenvalue weighted by Crippen LogP contribution is 2.26. The number of nitrogens with two attached hydrogens (primary N) is 1. The molecule has 3 N–H and O–H groups in total. The fourth-order valence-electron chi connectivity index (χ4n) is 1.50. The van der Waals surface area contributed by atoms with Crippen molar-refractivity contribution in [2.45, 2.75) is 0 Å². The summed E-state index contributed by atoms with van der Waals surface area (Å²) < 4.78 is 0.648. The molecule has 0 atom stereocenters. The lowest BCUT2D eigenvalue weighted by Gasteiger charge is -2.10. The molecule has 0 fully saturated rings. The summed E-state index contributed by atoms with van der Waals surface area (Å²) in [5.41, 5.74) is 7.10. The van der Waals surface area contributed by atoms with Gasteiger partial charge in [0.2, 0.25) is 0 Å². The molecule has 1 amide bonds. The van der Waals surface area contributed by atoms with Crippen LogP contribution in [0.2, 0.25) is 10.0 Å². The quantitative estimate of drug-likeness (QED) is 0.770. The third-order valence-electron chi connectivity index (χ3n) is 2.44. The van der Waals surface area contributed by atoms with E-state index in [-0.39, 0.29) is 5.91 Å². The van der Waals surface area contributed by atoms with Crippen molar-refractivity contribution in [3.8, 4) is 0 Å². The van der Waals surface area contributed by atoms with E-state index >= 15 is 0 Å². The Morgan fingerprint density at radius 2 is 1.74 bits per heavy atom. The van der Waals surface area contributed by atoms with Crippen LogP contribution in [0, 0.1) is 0 Å². The second kappa shape index (κ2) is 5.82. The number of nitrogens with one attached hydrogen (secondary N) is 1. The largest absolute Gasteiger partial charge is 0.397 e. The van der Waals surface area contributed by atoms with Crippen molar-refractivity contribution in [2.24, 2.45) is 0 Å². The molecule has 0 aromatic heterocycles. The zero-order valence-electron chi connectivity index (χ0n) is 9.58. The predicted octanol–water partition coefficient (Wildman–Crippen LogP) is 4.59. The Morgan fingerprint density at radius 3 is 2.47 bits per heavy atom. The van der Waals surface area contributed by atoms with Crippen molar-refractivity contribution in [3.05, 3.63) is 56.5 Å². The predicted molar refractivity (Wildman–Crippen MR) is 83.0 cm³/mol. The fraction of sp³-hybridized carbons (Fsp3) is 0. The van der Waals surface area contributed by atoms with Crippen LogP contribution in [0.15, 0.2) is 40.9 Å². The summed E-state index contributed by atoms with van der Waals surface area (Å²) in [6.45, 7) is 0. The lowest BCUT2D eigenvalue weighted by molar-refractivity contribution is 0.102. The second-order valence-electron chi connectivity index (χ2n) is 3.81. The maximum atomic E-state index is 12.2. The number of hydrogen-bond donors (Lipinski definition) is 2. The number of hydrogen-bond acceptors (Lipinski definition) is 2. The van der Waals surface area contributed by atoms with Gasteiger partial charge in [-0.15, -0.1) is 0 Å². The average molecular weight is 360 g/mol. The first kappa shape index (κ1) is 14.2. The first-order valence-corrected chi connectivity index (χ1v) is 6.83. The van der Waals surface area contributed by atoms with Gasteiger partial charge in [-0.1, -0.05) is 23.2 Å². The Morgan fingerprint density at radius 1 is 1.11 bits per heavy atom. The van der Waals surface area contributed by atoms with Crippen molar-refractivity contribution in [3.63, 3.8) is 0 Å². The Kier molecular flexibility index (Phi) is 4.34. The number of nitrogen functional groups attached to an aromatic ring is 1. The third-order valence-corrected chi connectivity index (χ3v) is 3.60. The van der Waals surface area contributed by atoms with Crippen molar-refractivity contribution >= 4 is 56.4 Å². The summed E-state index contributed by atoms with van der Waals surface area (Å²) in [5.74, 6) is -0.316. The minimum absolute atomic E-state index is 0.316. The third kappa shape index (κ3) is 3.41. The Balaban J connectivity index is 2.30. The minimum atomic E-state index is -0.316. The zero-order chi connectivity index (χ0) is 14.0. The van der Waals surface area contributed by atoms with E-state index in [1.165, 1.54) is 0 Å². The van der Waals surface area contributed by atoms with Crippen molar-refractivity contribution in [2.75, 3.05) is 11.1 Å². The molecule has 0 bridgehead atoms. The van der Waals surface area contributed by atoms with Crippen LogP contribution in [0.25, 0.3) is 0 Å². The lowest BCUT2D eigenvalue weighted by Crippen LogP contribution is -2.13. The number of amides is 1. The van der Waals surface area contributed by atoms with E-state index in [1.807, 2.05) is 0 Å². The highest BCUT2D eigenvalue weighted by molar-refractivity contribution is 9.10. The number of rotatable bonds is 2. The van der Waals surface area contributed by atoms with E-state index in [2.05, 4.69) is 21.2 Å². The molecule has 0 aliphatic heterocycles. The molecule has 98 valence electrons. The molecule has 0 aliphatic rings. The minimum Gasteiger partial charge on any atom is -0.397 e. The number of carbonyl (C=O) groups is 1. The normalized spacial score (nSPS) is 10.3. The number of halogens is 3. The maximum Gasteiger partial charge on any atom is 0.256 e. The van der Waals surface area contributed by atoms with Gasteiger partial charge < -0.3 is 11.1 Å². The summed E-state index contributed by atoms with van der Waals surface area (Å²) in [5, 5.41) is 3.67. The number of benzene rings is 2. The second-order valence-corrected chi connectivity index (χ2v) is 5.54. The topological polar surface area (TPSA) is 55.1 Å². The molecule has 2 aromatic rings. The highest BCUT2D eigenvalue weighted by Gasteiger charge is 2.12. The molecule has 0 saturated carbocycles. The van der Waals surface area contributed by atoms with E-state index in [0.717, 1.165) is 0 Å². The molecule has 0 unspecified atom stereocenters. The molecule has 3 nitrogen and oxygen atoms in total. The van der Waals surface area contributed by atoms with Crippen LogP contribution >= 0.6 is 39.1 Å². The van der Waals surface area contributed by atoms with Gasteiger partial charge in [-0.2, -0.15) is 0 Å². The first-order chi connectivity index (χ1) is 8.97. The summed E-state index contributed by atoms with van der Waals surface area (Å²) in [6, 6.07) is 9.84. The molecular formula is C13H9BrCl2N2O. The van der Waals surface area contributed by atoms with Crippen LogP contribution in [-0.2, 0) is 0 Å². The van der Waals surface area contributed by atoms with E-state index in [0.29, 0.717) is 31.5 Å². The van der Waals surface area contributed by atoms with Gasteiger partial charge in [0.25, 0.3) is 5.91 Å². The molecule has 19 heavy (non-hydrogen) atoms. The molecule has 0 spiro atoms. The van der Waals surface area contributed by atoms with Crippen LogP contribution < -0.4 is 11.1 Å². The monoisotopic (exact) mass is 358 g/mol. The number of carbonyl (C=O) groups excluding carboxylic acids is 1. The van der Waals surface area contributed by atoms with Gasteiger partial charge in [0.1, 0.15) is 0 Å². The van der Waals surface area contributed by atoms with Crippen molar-refractivity contribution in [1.82, 2.24) is 0 Å². The fourth-order valence-corrected chi connectivity index (χ4v) is 2.27. The van der Waals surface area contributed by atoms with Gasteiger partial charge in [0, 0.05) is 14.5 Å². The Labute approximate surface area is 128 Å². The van der Waals surface area contributed by atoms with Gasteiger partial charge in [-0.05, 0) is 52.3 Å². The molecule has 2 rings (SSSR count). The lowest BCUT2D eigenvalue weighted by atomic mass is 10.2. The van der Waals surface area contributed by atoms with Gasteiger partial charge in [-0.3, -0.25) is 4.79 Å². The Bertz CT molecular complexity index is 647. The van der Waals surface area contributed by atoms with E-state index in [9.17, 15) is 4.79 Å². The van der Waals surface area contributed by atoms with E-state index in [1.54, 1.807) is 36.4 Å². The smallest absolute Gasteiger partial charge is 0.256 e. The van der Waals surface area contributed by atoms with Crippen LogP contribution in [0.3, 0.4) is 0 Å². The van der Waals surface area contributed by atoms with E-state index in [4.69, 9.17) is 28.9 Å². The average Bonchev–Trinajstić information content (AvgIpc) is 2.36. The van der Waals surface area contributed by atoms with Crippen LogP contribution in [0.4, 0.5) is 11.4 Å². The zero-order valence-corrected chi connectivity index (χ0v) is 12.7. The van der Waals surface area contributed by atoms with Crippen LogP contribution in [-0.4, -0.2) is 5.91 Å². The standard InChI is InChI=1S/C13H9BrCl2N2O/c14-10-3-1-7(15)5-9(10)13(19)18-12-6-8(16)2-4-11(12)17/h1-6H,17H2,(H,18,19). The van der Waals surface area contributed by atoms with Crippen molar-refractivity contribution < 1.29 is 4.79 Å². The molecule has 0 saturated heterocycles. The van der Waals surface area contributed by atoms with Crippen molar-refractivity contribution in [1.29, 1.82) is 0 Å². The van der Waals surface area contributed by atoms with Gasteiger partial charge in [0.15, 0.2) is 0 Å². The summed E-state index contributed by atoms with van der Waals surface area (Å²) >= 11 is 15.0. The SMILES string of the molecule is Nc1ccc(Cl)cc1NC(=O)c1cc(Cl)ccc1Br. The van der Waals surface area contributed by atoms with Gasteiger partial charge in [-0.25, -0.2) is 0 Å². The molecule has 2 aromatic carbocycles. The van der Waals surface area contributed by atoms with Gasteiger partial charge in [0.05, 0.1) is 16.9 Å². The molecular weight excluding hydrogens is 351 g/mol. The van der Waals surface area contributed by atoms with E-state index < -0.39 is 0 Å². The number of anilines is 2. The summed E-state index contributed by atoms with van der Waals surface area (Å²) in [4.78, 5) is 12.2.